The van der Waals surface area contributed by atoms with Gasteiger partial charge in [-0.15, -0.1) is 0 Å². The van der Waals surface area contributed by atoms with Crippen LogP contribution in [-0.2, 0) is 83.1 Å². The van der Waals surface area contributed by atoms with Gasteiger partial charge < -0.3 is 106 Å². The van der Waals surface area contributed by atoms with Gasteiger partial charge in [-0.3, -0.25) is 77.3 Å². The fourth-order valence-electron chi connectivity index (χ4n) is 8.89. The predicted octanol–water partition coefficient (Wildman–Crippen LogP) is -7.78. The molecule has 2 rings (SSSR count). The van der Waals surface area contributed by atoms with Gasteiger partial charge in [0.05, 0.1) is 32.2 Å². The molecule has 1 saturated heterocycles. The number of aliphatic hydroxyl groups excluding tert-OH is 1. The molecule has 522 valence electrons. The zero-order chi connectivity index (χ0) is 70.9. The van der Waals surface area contributed by atoms with E-state index in [-0.39, 0.29) is 56.9 Å². The molecule has 1 aliphatic rings. The van der Waals surface area contributed by atoms with E-state index in [1.54, 1.807) is 44.2 Å². The SMILES string of the molecule is CC(C)[C@H](NC(=O)CNC(=O)[C@H](C)NC(=O)CNC(=O)[C@H](CS)NC(=O)[C@H](CCC(=O)O)NC(=O)[C@H](CC(=O)O)NC(=O)[C@H](CO)NC(=O)[C@@H]1CCCN1C(=O)[C@H](CS)NC(=O)[C@H](CCC(=O)O)NC(=O)[C@@H](N)CCCNC(=N)N)C(=O)N[C@@H](Cc1ccccc1)C(=O)O. The molecule has 11 atom stereocenters. The number of benzene rings is 1. The van der Waals surface area contributed by atoms with Crippen LogP contribution in [-0.4, -0.2) is 242 Å². The molecule has 0 saturated carbocycles. The number of nitrogens with one attached hydrogen (secondary N) is 13. The van der Waals surface area contributed by atoms with Crippen molar-refractivity contribution >= 4 is 126 Å². The minimum atomic E-state index is -2.11. The third kappa shape index (κ3) is 29.1. The van der Waals surface area contributed by atoms with E-state index in [0.717, 1.165) is 4.90 Å². The number of hydrogen-bond donors (Lipinski definition) is 22. The Kier molecular flexibility index (Phi) is 35.4. The number of nitrogens with two attached hydrogens (primary N) is 2. The van der Waals surface area contributed by atoms with Crippen molar-refractivity contribution in [2.24, 2.45) is 17.4 Å². The first-order chi connectivity index (χ1) is 44.2. The summed E-state index contributed by atoms with van der Waals surface area (Å²) in [6, 6.07) is -8.53. The van der Waals surface area contributed by atoms with E-state index in [1.807, 2.05) is 5.32 Å². The molecule has 37 nitrogen and oxygen atoms in total. The summed E-state index contributed by atoms with van der Waals surface area (Å²) in [5.74, 6) is -20.0. The van der Waals surface area contributed by atoms with Crippen LogP contribution in [0.4, 0.5) is 0 Å². The topological polar surface area (TPSA) is 598 Å². The molecule has 0 aromatic heterocycles. The Balaban J connectivity index is 2.09. The second-order valence-electron chi connectivity index (χ2n) is 21.8. The molecule has 1 aliphatic heterocycles. The van der Waals surface area contributed by atoms with Crippen molar-refractivity contribution in [2.45, 2.75) is 151 Å². The Hall–Kier alpha value is -9.37. The van der Waals surface area contributed by atoms with Gasteiger partial charge in [-0.1, -0.05) is 44.2 Å². The van der Waals surface area contributed by atoms with E-state index in [4.69, 9.17) is 16.9 Å². The smallest absolute Gasteiger partial charge is 0.326 e. The van der Waals surface area contributed by atoms with Gasteiger partial charge in [-0.2, -0.15) is 25.3 Å². The number of rotatable bonds is 42. The summed E-state index contributed by atoms with van der Waals surface area (Å²) in [5, 5.41) is 83.1. The van der Waals surface area contributed by atoms with E-state index in [2.05, 4.69) is 83.7 Å². The number of carboxylic acids is 4. The van der Waals surface area contributed by atoms with Crippen molar-refractivity contribution in [1.82, 2.24) is 68.7 Å². The highest BCUT2D eigenvalue weighted by molar-refractivity contribution is 7.80. The summed E-state index contributed by atoms with van der Waals surface area (Å²) < 4.78 is 0. The zero-order valence-corrected chi connectivity index (χ0v) is 53.4. The number of thiol groups is 2. The van der Waals surface area contributed by atoms with Crippen LogP contribution >= 0.6 is 25.3 Å². The number of carbonyl (C=O) groups excluding carboxylic acids is 12. The molecule has 22 N–H and O–H groups in total. The molecule has 1 fully saturated rings. The lowest BCUT2D eigenvalue weighted by molar-refractivity contribution is -0.143. The Morgan fingerprint density at radius 3 is 1.60 bits per heavy atom. The van der Waals surface area contributed by atoms with Crippen LogP contribution < -0.4 is 75.3 Å². The minimum Gasteiger partial charge on any atom is -0.481 e. The van der Waals surface area contributed by atoms with Crippen molar-refractivity contribution in [3.63, 3.8) is 0 Å². The predicted molar refractivity (Wildman–Crippen MR) is 334 cm³/mol. The van der Waals surface area contributed by atoms with Crippen molar-refractivity contribution < 1.29 is 102 Å². The summed E-state index contributed by atoms with van der Waals surface area (Å²) in [6.45, 7) is 1.80. The maximum atomic E-state index is 13.9. The average molecular weight is 1370 g/mol. The lowest BCUT2D eigenvalue weighted by atomic mass is 10.0. The van der Waals surface area contributed by atoms with Crippen LogP contribution in [0.15, 0.2) is 30.3 Å². The zero-order valence-electron chi connectivity index (χ0n) is 51.6. The van der Waals surface area contributed by atoms with Crippen LogP contribution in [0.3, 0.4) is 0 Å². The Bertz CT molecular complexity index is 2900. The molecule has 1 heterocycles. The fourth-order valence-corrected chi connectivity index (χ4v) is 9.39. The largest absolute Gasteiger partial charge is 0.481 e. The van der Waals surface area contributed by atoms with Gasteiger partial charge in [0.1, 0.15) is 60.4 Å². The lowest BCUT2D eigenvalue weighted by Crippen LogP contribution is -2.61. The molecule has 0 aliphatic carbocycles. The van der Waals surface area contributed by atoms with Gasteiger partial charge in [0.25, 0.3) is 0 Å². The number of aliphatic hydroxyl groups is 1. The molecule has 1 aromatic rings. The lowest BCUT2D eigenvalue weighted by Gasteiger charge is -2.30. The van der Waals surface area contributed by atoms with Gasteiger partial charge in [0, 0.05) is 43.9 Å². The van der Waals surface area contributed by atoms with Crippen LogP contribution in [0.5, 0.6) is 0 Å². The quantitative estimate of drug-likeness (QED) is 0.0125. The number of carbonyl (C=O) groups is 16. The Morgan fingerprint density at radius 1 is 0.574 bits per heavy atom. The average Bonchev–Trinajstić information content (AvgIpc) is 1.61. The third-order valence-electron chi connectivity index (χ3n) is 14.0. The van der Waals surface area contributed by atoms with E-state index >= 15 is 0 Å². The maximum Gasteiger partial charge on any atom is 0.326 e. The summed E-state index contributed by atoms with van der Waals surface area (Å²) in [5.41, 5.74) is 11.8. The number of likely N-dealkylation sites (tertiary alicyclic amines) is 1. The molecule has 39 heteroatoms. The number of nitrogens with zero attached hydrogens (tertiary/aromatic N) is 1. The number of amides is 12. The second kappa shape index (κ2) is 41.3. The van der Waals surface area contributed by atoms with E-state index in [9.17, 15) is 102 Å². The third-order valence-corrected chi connectivity index (χ3v) is 14.7. The number of guanidine groups is 1. The van der Waals surface area contributed by atoms with Crippen LogP contribution in [0, 0.1) is 11.3 Å². The summed E-state index contributed by atoms with van der Waals surface area (Å²) in [6.07, 6.45) is -3.31. The van der Waals surface area contributed by atoms with Gasteiger partial charge >= 0.3 is 23.9 Å². The van der Waals surface area contributed by atoms with Crippen molar-refractivity contribution in [2.75, 3.05) is 44.3 Å². The molecule has 12 amide bonds. The van der Waals surface area contributed by atoms with Crippen molar-refractivity contribution in [3.8, 4) is 0 Å². The van der Waals surface area contributed by atoms with Crippen molar-refractivity contribution in [3.05, 3.63) is 35.9 Å². The molecule has 1 aromatic carbocycles. The number of hydrogen-bond acceptors (Lipinski definition) is 21. The Morgan fingerprint density at radius 2 is 1.07 bits per heavy atom. The highest BCUT2D eigenvalue weighted by Gasteiger charge is 2.41. The van der Waals surface area contributed by atoms with Crippen LogP contribution in [0.2, 0.25) is 0 Å². The minimum absolute atomic E-state index is 0.0369. The normalized spacial score (nSPS) is 15.7. The number of carboxylic acid groups (broad SMARTS) is 4. The van der Waals surface area contributed by atoms with Gasteiger partial charge in [0.2, 0.25) is 70.9 Å². The molecular weight excluding hydrogens is 1280 g/mol. The first-order valence-electron chi connectivity index (χ1n) is 29.4. The Labute approximate surface area is 549 Å². The standard InChI is InChI=1S/C55H84N16O21S2/c1-26(2)43(52(89)66-33(54(91)92)19-28-9-5-4-6-10-28)70-39(74)22-60-44(81)27(3)62-38(73)21-61-46(83)35(24-93)68-47(84)31(14-16-41(77)78)64-49(86)32(20-42(79)80)65-50(87)34(23-72)67-51(88)37-12-8-18-71(37)53(90)36(25-94)69-48(85)30(13-15-40(75)76)63-45(82)29(56)11-7-17-59-55(57)58/h4-6,9-10,26-27,29-37,43,72,93-94H,7-8,11-25,56H2,1-3H3,(H,60,81)(H,61,83)(H,62,73)(H,63,82)(H,64,86)(H,65,87)(H,66,89)(H,67,88)(H,68,84)(H,69,85)(H,70,74)(H,75,76)(H,77,78)(H,79,80)(H,91,92)(H4,57,58,59)/t27-,29-,30-,31-,32-,33-,34-,35-,36-,37-,43-/m0/s1. The molecule has 0 spiro atoms. The van der Waals surface area contributed by atoms with E-state index < -0.39 is 225 Å². The van der Waals surface area contributed by atoms with Crippen LogP contribution in [0.1, 0.15) is 84.1 Å². The monoisotopic (exact) mass is 1370 g/mol. The second-order valence-corrected chi connectivity index (χ2v) is 22.5. The summed E-state index contributed by atoms with van der Waals surface area (Å²) in [4.78, 5) is 208. The molecule has 0 bridgehead atoms. The van der Waals surface area contributed by atoms with Gasteiger partial charge in [0.15, 0.2) is 5.96 Å². The van der Waals surface area contributed by atoms with Gasteiger partial charge in [-0.05, 0) is 56.9 Å². The van der Waals surface area contributed by atoms with Gasteiger partial charge in [-0.25, -0.2) is 4.79 Å². The van der Waals surface area contributed by atoms with E-state index in [1.165, 1.54) is 6.92 Å². The highest BCUT2D eigenvalue weighted by atomic mass is 32.1. The van der Waals surface area contributed by atoms with Crippen LogP contribution in [0.25, 0.3) is 0 Å². The summed E-state index contributed by atoms with van der Waals surface area (Å²) >= 11 is 8.21. The number of aliphatic carboxylic acids is 4. The first-order valence-corrected chi connectivity index (χ1v) is 30.6. The van der Waals surface area contributed by atoms with Crippen molar-refractivity contribution in [1.29, 1.82) is 5.41 Å². The first kappa shape index (κ1) is 80.7. The molecule has 0 radical (unpaired) electrons. The molecule has 94 heavy (non-hydrogen) atoms. The highest BCUT2D eigenvalue weighted by Crippen LogP contribution is 2.20. The fraction of sp³-hybridized carbons (Fsp3) is 0.582. The van der Waals surface area contributed by atoms with E-state index in [0.29, 0.717) is 5.56 Å². The summed E-state index contributed by atoms with van der Waals surface area (Å²) in [7, 11) is 0. The molecular formula is C55H84N16O21S2. The molecule has 0 unspecified atom stereocenters. The maximum absolute atomic E-state index is 13.9.